The first-order valence-corrected chi connectivity index (χ1v) is 10.8. The molecule has 3 aromatic carbocycles. The van der Waals surface area contributed by atoms with Crippen LogP contribution in [0.4, 0.5) is 5.69 Å². The normalized spacial score (nSPS) is 11.3. The third kappa shape index (κ3) is 5.20. The summed E-state index contributed by atoms with van der Waals surface area (Å²) in [6.45, 7) is 2.15. The number of para-hydroxylation sites is 1. The van der Waals surface area contributed by atoms with Gasteiger partial charge < -0.3 is 0 Å². The van der Waals surface area contributed by atoms with E-state index in [9.17, 15) is 8.42 Å². The van der Waals surface area contributed by atoms with Crippen molar-refractivity contribution >= 4 is 15.7 Å². The lowest BCUT2D eigenvalue weighted by Gasteiger charge is -2.13. The minimum Gasteiger partial charge on any atom is -0.279 e. The first kappa shape index (κ1) is 19.2. The lowest BCUT2D eigenvalue weighted by molar-refractivity contribution is 0.601. The number of rotatable bonds is 8. The van der Waals surface area contributed by atoms with Crippen molar-refractivity contribution in [2.24, 2.45) is 0 Å². The minimum atomic E-state index is -3.62. The molecule has 3 rings (SSSR count). The topological polar surface area (TPSA) is 46.2 Å². The van der Waals surface area contributed by atoms with Gasteiger partial charge in [0.1, 0.15) is 0 Å². The second-order valence-corrected chi connectivity index (χ2v) is 8.35. The van der Waals surface area contributed by atoms with Gasteiger partial charge >= 0.3 is 0 Å². The Morgan fingerprint density at radius 1 is 0.778 bits per heavy atom. The molecule has 0 saturated carbocycles. The van der Waals surface area contributed by atoms with Gasteiger partial charge in [-0.05, 0) is 54.2 Å². The fourth-order valence-corrected chi connectivity index (χ4v) is 4.11. The molecule has 0 aliphatic heterocycles. The molecule has 0 unspecified atom stereocenters. The molecule has 0 bridgehead atoms. The van der Waals surface area contributed by atoms with Crippen LogP contribution in [0.2, 0.25) is 0 Å². The predicted molar refractivity (Wildman–Crippen MR) is 112 cm³/mol. The van der Waals surface area contributed by atoms with E-state index in [2.05, 4.69) is 11.6 Å². The molecule has 1 N–H and O–H groups in total. The maximum atomic E-state index is 12.8. The molecule has 0 amide bonds. The highest BCUT2D eigenvalue weighted by molar-refractivity contribution is 7.92. The molecule has 0 atom stereocenters. The van der Waals surface area contributed by atoms with E-state index in [0.717, 1.165) is 30.4 Å². The summed E-state index contributed by atoms with van der Waals surface area (Å²) in [5.41, 5.74) is 3.88. The molecule has 3 aromatic rings. The standard InChI is InChI=1S/C23H25NO2S/c1-2-3-9-19-14-16-22(17-15-19)27(25,26)24-23-13-8-7-12-21(23)18-20-10-5-4-6-11-20/h4-8,10-17,24H,2-3,9,18H2,1H3. The van der Waals surface area contributed by atoms with Crippen molar-refractivity contribution in [3.63, 3.8) is 0 Å². The second-order valence-electron chi connectivity index (χ2n) is 6.67. The van der Waals surface area contributed by atoms with Crippen LogP contribution in [0.15, 0.2) is 83.8 Å². The molecule has 0 aliphatic carbocycles. The molecule has 0 heterocycles. The van der Waals surface area contributed by atoms with E-state index >= 15 is 0 Å². The summed E-state index contributed by atoms with van der Waals surface area (Å²) < 4.78 is 28.4. The largest absolute Gasteiger partial charge is 0.279 e. The molecule has 27 heavy (non-hydrogen) atoms. The highest BCUT2D eigenvalue weighted by Crippen LogP contribution is 2.23. The van der Waals surface area contributed by atoms with Crippen LogP contribution in [0.1, 0.15) is 36.5 Å². The number of sulfonamides is 1. The highest BCUT2D eigenvalue weighted by atomic mass is 32.2. The van der Waals surface area contributed by atoms with E-state index in [-0.39, 0.29) is 4.90 Å². The van der Waals surface area contributed by atoms with Crippen LogP contribution in [0.5, 0.6) is 0 Å². The van der Waals surface area contributed by atoms with Gasteiger partial charge in [0.25, 0.3) is 10.0 Å². The van der Waals surface area contributed by atoms with E-state index in [0.29, 0.717) is 12.1 Å². The van der Waals surface area contributed by atoms with Gasteiger partial charge in [-0.2, -0.15) is 0 Å². The van der Waals surface area contributed by atoms with Gasteiger partial charge in [0.15, 0.2) is 0 Å². The number of nitrogens with one attached hydrogen (secondary N) is 1. The van der Waals surface area contributed by atoms with Crippen LogP contribution in [0.25, 0.3) is 0 Å². The Bertz CT molecular complexity index is 965. The maximum absolute atomic E-state index is 12.8. The number of hydrogen-bond acceptors (Lipinski definition) is 2. The zero-order valence-corrected chi connectivity index (χ0v) is 16.4. The van der Waals surface area contributed by atoms with Crippen molar-refractivity contribution < 1.29 is 8.42 Å². The molecular formula is C23H25NO2S. The van der Waals surface area contributed by atoms with Crippen molar-refractivity contribution in [2.45, 2.75) is 37.5 Å². The van der Waals surface area contributed by atoms with E-state index < -0.39 is 10.0 Å². The van der Waals surface area contributed by atoms with Gasteiger partial charge in [0.2, 0.25) is 0 Å². The van der Waals surface area contributed by atoms with E-state index in [1.54, 1.807) is 12.1 Å². The zero-order chi connectivity index (χ0) is 19.1. The van der Waals surface area contributed by atoms with Crippen LogP contribution in [0, 0.1) is 0 Å². The fourth-order valence-electron chi connectivity index (χ4n) is 3.01. The fraction of sp³-hybridized carbons (Fsp3) is 0.217. The Balaban J connectivity index is 1.80. The summed E-state index contributed by atoms with van der Waals surface area (Å²) in [4.78, 5) is 0.289. The number of benzene rings is 3. The second kappa shape index (κ2) is 8.87. The van der Waals surface area contributed by atoms with Crippen LogP contribution in [-0.4, -0.2) is 8.42 Å². The Kier molecular flexibility index (Phi) is 6.30. The lowest BCUT2D eigenvalue weighted by atomic mass is 10.0. The van der Waals surface area contributed by atoms with E-state index in [1.807, 2.05) is 66.7 Å². The summed E-state index contributed by atoms with van der Waals surface area (Å²) >= 11 is 0. The first-order valence-electron chi connectivity index (χ1n) is 9.32. The summed E-state index contributed by atoms with van der Waals surface area (Å²) in [7, 11) is -3.62. The van der Waals surface area contributed by atoms with Gasteiger partial charge in [-0.3, -0.25) is 4.72 Å². The number of aryl methyl sites for hydroxylation is 1. The molecule has 4 heteroatoms. The summed E-state index contributed by atoms with van der Waals surface area (Å²) in [6, 6.07) is 24.8. The minimum absolute atomic E-state index is 0.289. The number of hydrogen-bond donors (Lipinski definition) is 1. The van der Waals surface area contributed by atoms with E-state index in [1.165, 1.54) is 5.56 Å². The van der Waals surface area contributed by atoms with Crippen molar-refractivity contribution in [2.75, 3.05) is 4.72 Å². The molecule has 0 radical (unpaired) electrons. The van der Waals surface area contributed by atoms with Crippen LogP contribution >= 0.6 is 0 Å². The summed E-state index contributed by atoms with van der Waals surface area (Å²) in [5.74, 6) is 0. The molecule has 0 fully saturated rings. The van der Waals surface area contributed by atoms with Crippen LogP contribution in [0.3, 0.4) is 0 Å². The van der Waals surface area contributed by atoms with Gasteiger partial charge in [0, 0.05) is 0 Å². The molecule has 0 aliphatic rings. The monoisotopic (exact) mass is 379 g/mol. The van der Waals surface area contributed by atoms with Gasteiger partial charge in [0.05, 0.1) is 10.6 Å². The van der Waals surface area contributed by atoms with Crippen molar-refractivity contribution in [3.8, 4) is 0 Å². The molecule has 140 valence electrons. The SMILES string of the molecule is CCCCc1ccc(S(=O)(=O)Nc2ccccc2Cc2ccccc2)cc1. The van der Waals surface area contributed by atoms with Gasteiger partial charge in [-0.15, -0.1) is 0 Å². The number of unbranched alkanes of at least 4 members (excludes halogenated alkanes) is 1. The Labute approximate surface area is 162 Å². The highest BCUT2D eigenvalue weighted by Gasteiger charge is 2.16. The number of anilines is 1. The van der Waals surface area contributed by atoms with Gasteiger partial charge in [-0.25, -0.2) is 8.42 Å². The van der Waals surface area contributed by atoms with Gasteiger partial charge in [-0.1, -0.05) is 74.0 Å². The molecular weight excluding hydrogens is 354 g/mol. The smallest absolute Gasteiger partial charge is 0.261 e. The average Bonchev–Trinajstić information content (AvgIpc) is 2.69. The Hall–Kier alpha value is -2.59. The molecule has 0 saturated heterocycles. The van der Waals surface area contributed by atoms with Crippen molar-refractivity contribution in [1.82, 2.24) is 0 Å². The zero-order valence-electron chi connectivity index (χ0n) is 15.6. The summed E-state index contributed by atoms with van der Waals surface area (Å²) in [6.07, 6.45) is 3.89. The third-order valence-electron chi connectivity index (χ3n) is 4.55. The average molecular weight is 380 g/mol. The lowest BCUT2D eigenvalue weighted by Crippen LogP contribution is -2.14. The quantitative estimate of drug-likeness (QED) is 0.568. The predicted octanol–water partition coefficient (Wildman–Crippen LogP) is 5.42. The third-order valence-corrected chi connectivity index (χ3v) is 5.93. The van der Waals surface area contributed by atoms with Crippen LogP contribution < -0.4 is 4.72 Å². The summed E-state index contributed by atoms with van der Waals surface area (Å²) in [5, 5.41) is 0. The first-order chi connectivity index (χ1) is 13.1. The Morgan fingerprint density at radius 2 is 1.44 bits per heavy atom. The molecule has 0 spiro atoms. The Morgan fingerprint density at radius 3 is 2.15 bits per heavy atom. The van der Waals surface area contributed by atoms with E-state index in [4.69, 9.17) is 0 Å². The molecule has 3 nitrogen and oxygen atoms in total. The van der Waals surface area contributed by atoms with Crippen molar-refractivity contribution in [3.05, 3.63) is 95.6 Å². The molecule has 0 aromatic heterocycles. The van der Waals surface area contributed by atoms with Crippen LogP contribution in [-0.2, 0) is 22.9 Å². The van der Waals surface area contributed by atoms with Crippen molar-refractivity contribution in [1.29, 1.82) is 0 Å². The maximum Gasteiger partial charge on any atom is 0.261 e.